The van der Waals surface area contributed by atoms with Crippen molar-refractivity contribution in [2.45, 2.75) is 6.04 Å². The Kier molecular flexibility index (Phi) is 5.65. The van der Waals surface area contributed by atoms with Crippen LogP contribution in [0.5, 0.6) is 11.5 Å². The van der Waals surface area contributed by atoms with Gasteiger partial charge < -0.3 is 19.6 Å². The molecule has 1 unspecified atom stereocenters. The number of ketones is 1. The number of fused-ring (bicyclic) bond motifs is 1. The van der Waals surface area contributed by atoms with Gasteiger partial charge in [0.05, 0.1) is 35.7 Å². The van der Waals surface area contributed by atoms with Gasteiger partial charge in [-0.1, -0.05) is 6.07 Å². The van der Waals surface area contributed by atoms with E-state index in [0.717, 1.165) is 0 Å². The van der Waals surface area contributed by atoms with Gasteiger partial charge in [0.15, 0.2) is 11.5 Å². The Morgan fingerprint density at radius 1 is 1.14 bits per heavy atom. The van der Waals surface area contributed by atoms with Gasteiger partial charge in [0.25, 0.3) is 11.5 Å². The number of ether oxygens (including phenoxy) is 2. The van der Waals surface area contributed by atoms with Crippen molar-refractivity contribution in [2.75, 3.05) is 19.1 Å². The zero-order valence-electron chi connectivity index (χ0n) is 18.9. The maximum absolute atomic E-state index is 13.3. The minimum absolute atomic E-state index is 0.101. The molecule has 1 atom stereocenters. The van der Waals surface area contributed by atoms with Crippen molar-refractivity contribution in [3.63, 3.8) is 0 Å². The van der Waals surface area contributed by atoms with E-state index in [4.69, 9.17) is 9.47 Å². The molecule has 12 heteroatoms. The predicted octanol–water partition coefficient (Wildman–Crippen LogP) is 4.18. The van der Waals surface area contributed by atoms with E-state index in [1.807, 2.05) is 0 Å². The van der Waals surface area contributed by atoms with Crippen LogP contribution in [0.2, 0.25) is 0 Å². The molecule has 2 aromatic heterocycles. The summed E-state index contributed by atoms with van der Waals surface area (Å²) in [4.78, 5) is 46.3. The lowest BCUT2D eigenvalue weighted by Gasteiger charge is -2.21. The molecule has 2 N–H and O–H groups in total. The number of H-pyrrole nitrogens is 1. The highest BCUT2D eigenvalue weighted by Gasteiger charge is 2.48. The highest BCUT2D eigenvalue weighted by atomic mass is 32.1. The number of nitrogens with one attached hydrogen (secondary N) is 1. The van der Waals surface area contributed by atoms with E-state index in [2.05, 4.69) is 9.97 Å². The first-order valence-corrected chi connectivity index (χ1v) is 11.4. The van der Waals surface area contributed by atoms with Crippen LogP contribution in [0.1, 0.15) is 16.5 Å². The van der Waals surface area contributed by atoms with Crippen LogP contribution in [-0.2, 0) is 9.59 Å². The number of nitrogens with zero attached hydrogens (tertiary/aromatic N) is 3. The fourth-order valence-electron chi connectivity index (χ4n) is 4.10. The quantitative estimate of drug-likeness (QED) is 0.130. The summed E-state index contributed by atoms with van der Waals surface area (Å²) in [5.41, 5.74) is 0.871. The molecule has 1 aliphatic rings. The SMILES string of the molecule is COc1cc2nc(N3C(=O)C(=O)/C(=C(/O)c4ccc([N+](=O)[O-])cc4)C3c3cccs3)[nH]c2cc1OC. The highest BCUT2D eigenvalue weighted by Crippen LogP contribution is 2.43. The van der Waals surface area contributed by atoms with Gasteiger partial charge in [0.1, 0.15) is 11.8 Å². The molecule has 36 heavy (non-hydrogen) atoms. The molecule has 4 aromatic rings. The number of methoxy groups -OCH3 is 2. The minimum Gasteiger partial charge on any atom is -0.507 e. The van der Waals surface area contributed by atoms with Gasteiger partial charge in [0, 0.05) is 34.7 Å². The molecule has 1 aliphatic heterocycles. The molecule has 0 saturated carbocycles. The van der Waals surface area contributed by atoms with Crippen LogP contribution in [0.25, 0.3) is 16.8 Å². The lowest BCUT2D eigenvalue weighted by Crippen LogP contribution is -2.30. The zero-order chi connectivity index (χ0) is 25.6. The fourth-order valence-corrected chi connectivity index (χ4v) is 4.92. The number of nitro benzene ring substituents is 1. The van der Waals surface area contributed by atoms with Crippen LogP contribution < -0.4 is 14.4 Å². The summed E-state index contributed by atoms with van der Waals surface area (Å²) in [6, 6.07) is 10.9. The minimum atomic E-state index is -0.968. The largest absolute Gasteiger partial charge is 0.507 e. The van der Waals surface area contributed by atoms with Gasteiger partial charge in [-0.3, -0.25) is 24.6 Å². The predicted molar refractivity (Wildman–Crippen MR) is 131 cm³/mol. The van der Waals surface area contributed by atoms with E-state index >= 15 is 0 Å². The number of nitro groups is 1. The standard InChI is InChI=1S/C24H18N4O7S/c1-34-16-10-14-15(11-17(16)35-2)26-24(25-14)27-20(18-4-3-9-36-18)19(22(30)23(27)31)21(29)12-5-7-13(8-6-12)28(32)33/h3-11,20,29H,1-2H3,(H,25,26)/b21-19+. The van der Waals surface area contributed by atoms with Gasteiger partial charge in [-0.05, 0) is 23.6 Å². The molecule has 0 bridgehead atoms. The number of hydrogen-bond donors (Lipinski definition) is 2. The number of aromatic amines is 1. The van der Waals surface area contributed by atoms with Crippen LogP contribution in [0.15, 0.2) is 59.5 Å². The Balaban J connectivity index is 1.67. The second-order valence-electron chi connectivity index (χ2n) is 7.77. The van der Waals surface area contributed by atoms with Gasteiger partial charge in [-0.2, -0.15) is 0 Å². The molecule has 1 amide bonds. The van der Waals surface area contributed by atoms with Crippen molar-refractivity contribution in [2.24, 2.45) is 0 Å². The van der Waals surface area contributed by atoms with Gasteiger partial charge in [-0.25, -0.2) is 4.98 Å². The molecule has 182 valence electrons. The number of non-ortho nitro benzene ring substituents is 1. The molecule has 5 rings (SSSR count). The second-order valence-corrected chi connectivity index (χ2v) is 8.75. The molecular weight excluding hydrogens is 488 g/mol. The molecule has 2 aromatic carbocycles. The first kappa shape index (κ1) is 23.1. The maximum atomic E-state index is 13.3. The van der Waals surface area contributed by atoms with E-state index in [1.165, 1.54) is 54.7 Å². The first-order valence-electron chi connectivity index (χ1n) is 10.5. The van der Waals surface area contributed by atoms with Crippen molar-refractivity contribution in [3.05, 3.63) is 80.0 Å². The third kappa shape index (κ3) is 3.64. The summed E-state index contributed by atoms with van der Waals surface area (Å²) >= 11 is 1.30. The number of aliphatic hydroxyl groups excluding tert-OH is 1. The summed E-state index contributed by atoms with van der Waals surface area (Å²) in [5, 5.41) is 23.9. The Hall–Kier alpha value is -4.71. The number of benzene rings is 2. The summed E-state index contributed by atoms with van der Waals surface area (Å²) in [6.45, 7) is 0. The average Bonchev–Trinajstić information content (AvgIpc) is 3.61. The smallest absolute Gasteiger partial charge is 0.302 e. The molecule has 11 nitrogen and oxygen atoms in total. The molecule has 0 aliphatic carbocycles. The maximum Gasteiger partial charge on any atom is 0.302 e. The number of Topliss-reactive ketones (excluding diaryl/α,β-unsaturated/α-hetero) is 1. The molecule has 0 radical (unpaired) electrons. The van der Waals surface area contributed by atoms with Crippen LogP contribution in [0.4, 0.5) is 11.6 Å². The number of hydrogen-bond acceptors (Lipinski definition) is 9. The van der Waals surface area contributed by atoms with Crippen molar-refractivity contribution in [1.82, 2.24) is 9.97 Å². The first-order chi connectivity index (χ1) is 17.3. The Morgan fingerprint density at radius 2 is 1.83 bits per heavy atom. The third-order valence-electron chi connectivity index (χ3n) is 5.81. The number of carbonyl (C=O) groups excluding carboxylic acids is 2. The number of anilines is 1. The Bertz CT molecular complexity index is 1500. The summed E-state index contributed by atoms with van der Waals surface area (Å²) in [6.07, 6.45) is 0. The van der Waals surface area contributed by atoms with Gasteiger partial charge >= 0.3 is 5.91 Å². The van der Waals surface area contributed by atoms with Gasteiger partial charge in [-0.15, -0.1) is 11.3 Å². The van der Waals surface area contributed by atoms with Crippen LogP contribution >= 0.6 is 11.3 Å². The number of thiophene rings is 1. The van der Waals surface area contributed by atoms with E-state index in [1.54, 1.807) is 29.6 Å². The molecule has 1 saturated heterocycles. The van der Waals surface area contributed by atoms with Crippen molar-refractivity contribution >= 4 is 51.5 Å². The van der Waals surface area contributed by atoms with Crippen molar-refractivity contribution in [3.8, 4) is 11.5 Å². The number of rotatable bonds is 6. The second kappa shape index (κ2) is 8.82. The van der Waals surface area contributed by atoms with Crippen molar-refractivity contribution in [1.29, 1.82) is 0 Å². The zero-order valence-corrected chi connectivity index (χ0v) is 19.7. The highest BCUT2D eigenvalue weighted by molar-refractivity contribution is 7.10. The number of imidazole rings is 1. The molecular formula is C24H18N4O7S. The summed E-state index contributed by atoms with van der Waals surface area (Å²) in [7, 11) is 2.99. The normalized spacial score (nSPS) is 17.1. The lowest BCUT2D eigenvalue weighted by atomic mass is 10.00. The Morgan fingerprint density at radius 3 is 2.44 bits per heavy atom. The Labute approximate surface area is 207 Å². The number of amides is 1. The lowest BCUT2D eigenvalue weighted by molar-refractivity contribution is -0.384. The number of aliphatic hydroxyl groups is 1. The van der Waals surface area contributed by atoms with E-state index < -0.39 is 28.4 Å². The third-order valence-corrected chi connectivity index (χ3v) is 6.74. The fraction of sp³-hybridized carbons (Fsp3) is 0.125. The van der Waals surface area contributed by atoms with E-state index in [9.17, 15) is 24.8 Å². The van der Waals surface area contributed by atoms with Crippen molar-refractivity contribution < 1.29 is 29.1 Å². The number of aromatic nitrogens is 2. The van der Waals surface area contributed by atoms with E-state index in [-0.39, 0.29) is 22.8 Å². The monoisotopic (exact) mass is 506 g/mol. The molecule has 0 spiro atoms. The average molecular weight is 506 g/mol. The van der Waals surface area contributed by atoms with Crippen LogP contribution in [-0.4, -0.2) is 45.9 Å². The number of carbonyl (C=O) groups is 2. The molecule has 1 fully saturated rings. The molecule has 3 heterocycles. The van der Waals surface area contributed by atoms with Gasteiger partial charge in [0.2, 0.25) is 5.95 Å². The van der Waals surface area contributed by atoms with Crippen LogP contribution in [0, 0.1) is 10.1 Å². The summed E-state index contributed by atoms with van der Waals surface area (Å²) < 4.78 is 10.7. The topological polar surface area (TPSA) is 148 Å². The summed E-state index contributed by atoms with van der Waals surface area (Å²) in [5.74, 6) is -1.23. The van der Waals surface area contributed by atoms with Crippen LogP contribution in [0.3, 0.4) is 0 Å². The van der Waals surface area contributed by atoms with E-state index in [0.29, 0.717) is 27.4 Å².